The SMILES string of the molecule is CC(C)(C)NS(=O)(=O)Nc1ccc(F)cc1C(=N)N. The van der Waals surface area contributed by atoms with E-state index in [-0.39, 0.29) is 11.3 Å². The normalized spacial score (nSPS) is 12.2. The van der Waals surface area contributed by atoms with Crippen LogP contribution in [0, 0.1) is 11.2 Å². The van der Waals surface area contributed by atoms with Crippen molar-refractivity contribution in [2.75, 3.05) is 4.72 Å². The zero-order valence-corrected chi connectivity index (χ0v) is 11.7. The van der Waals surface area contributed by atoms with Crippen LogP contribution in [0.15, 0.2) is 18.2 Å². The van der Waals surface area contributed by atoms with Gasteiger partial charge in [0.2, 0.25) is 0 Å². The average Bonchev–Trinajstić information content (AvgIpc) is 2.16. The Morgan fingerprint density at radius 2 is 1.95 bits per heavy atom. The van der Waals surface area contributed by atoms with Crippen LogP contribution in [0.2, 0.25) is 0 Å². The minimum atomic E-state index is -3.84. The molecule has 0 fully saturated rings. The van der Waals surface area contributed by atoms with Crippen LogP contribution < -0.4 is 15.2 Å². The third-order valence-electron chi connectivity index (χ3n) is 1.96. The maximum atomic E-state index is 13.1. The lowest BCUT2D eigenvalue weighted by Gasteiger charge is -2.21. The van der Waals surface area contributed by atoms with Crippen molar-refractivity contribution in [2.45, 2.75) is 26.3 Å². The van der Waals surface area contributed by atoms with Gasteiger partial charge in [0.25, 0.3) is 10.2 Å². The molecule has 0 bridgehead atoms. The number of anilines is 1. The van der Waals surface area contributed by atoms with E-state index in [4.69, 9.17) is 11.1 Å². The van der Waals surface area contributed by atoms with Crippen molar-refractivity contribution in [3.05, 3.63) is 29.6 Å². The van der Waals surface area contributed by atoms with E-state index >= 15 is 0 Å². The lowest BCUT2D eigenvalue weighted by Crippen LogP contribution is -2.43. The van der Waals surface area contributed by atoms with E-state index < -0.39 is 27.4 Å². The Balaban J connectivity index is 3.10. The summed E-state index contributed by atoms with van der Waals surface area (Å²) in [6.07, 6.45) is 0. The first-order valence-electron chi connectivity index (χ1n) is 5.46. The molecule has 0 unspecified atom stereocenters. The highest BCUT2D eigenvalue weighted by molar-refractivity contribution is 7.90. The summed E-state index contributed by atoms with van der Waals surface area (Å²) >= 11 is 0. The third-order valence-corrected chi connectivity index (χ3v) is 3.33. The number of hydrogen-bond acceptors (Lipinski definition) is 3. The zero-order valence-electron chi connectivity index (χ0n) is 10.9. The number of rotatable bonds is 4. The molecular weight excluding hydrogens is 271 g/mol. The first-order chi connectivity index (χ1) is 8.50. The van der Waals surface area contributed by atoms with E-state index in [1.165, 1.54) is 6.07 Å². The van der Waals surface area contributed by atoms with Crippen LogP contribution in [0.25, 0.3) is 0 Å². The van der Waals surface area contributed by atoms with Gasteiger partial charge < -0.3 is 5.73 Å². The molecule has 6 nitrogen and oxygen atoms in total. The summed E-state index contributed by atoms with van der Waals surface area (Å²) in [6.45, 7) is 5.05. The van der Waals surface area contributed by atoms with E-state index in [0.717, 1.165) is 12.1 Å². The fraction of sp³-hybridized carbons (Fsp3) is 0.364. The Bertz CT molecular complexity index is 593. The number of amidine groups is 1. The number of nitrogen functional groups attached to an aromatic ring is 1. The van der Waals surface area contributed by atoms with Crippen LogP contribution in [0.3, 0.4) is 0 Å². The molecule has 0 heterocycles. The summed E-state index contributed by atoms with van der Waals surface area (Å²) in [7, 11) is -3.84. The topological polar surface area (TPSA) is 108 Å². The van der Waals surface area contributed by atoms with Gasteiger partial charge in [-0.2, -0.15) is 13.1 Å². The van der Waals surface area contributed by atoms with Gasteiger partial charge in [0, 0.05) is 11.1 Å². The van der Waals surface area contributed by atoms with Crippen molar-refractivity contribution in [1.82, 2.24) is 4.72 Å². The van der Waals surface area contributed by atoms with Crippen molar-refractivity contribution in [1.29, 1.82) is 5.41 Å². The Morgan fingerprint density at radius 1 is 1.37 bits per heavy atom. The summed E-state index contributed by atoms with van der Waals surface area (Å²) < 4.78 is 41.4. The van der Waals surface area contributed by atoms with Crippen molar-refractivity contribution >= 4 is 21.7 Å². The predicted octanol–water partition coefficient (Wildman–Crippen LogP) is 1.15. The smallest absolute Gasteiger partial charge is 0.299 e. The molecule has 1 rings (SSSR count). The molecule has 0 atom stereocenters. The Hall–Kier alpha value is -1.67. The molecule has 0 aliphatic rings. The molecule has 19 heavy (non-hydrogen) atoms. The van der Waals surface area contributed by atoms with Crippen LogP contribution in [-0.4, -0.2) is 19.8 Å². The number of hydrogen-bond donors (Lipinski definition) is 4. The van der Waals surface area contributed by atoms with Gasteiger partial charge >= 0.3 is 0 Å². The zero-order chi connectivity index (χ0) is 14.8. The Kier molecular flexibility index (Phi) is 4.16. The van der Waals surface area contributed by atoms with Crippen molar-refractivity contribution in [2.24, 2.45) is 5.73 Å². The summed E-state index contributed by atoms with van der Waals surface area (Å²) in [5.74, 6) is -1.02. The third kappa shape index (κ3) is 4.84. The van der Waals surface area contributed by atoms with Crippen molar-refractivity contribution < 1.29 is 12.8 Å². The molecule has 0 saturated heterocycles. The van der Waals surface area contributed by atoms with Gasteiger partial charge in [0.15, 0.2) is 0 Å². The predicted molar refractivity (Wildman–Crippen MR) is 72.8 cm³/mol. The summed E-state index contributed by atoms with van der Waals surface area (Å²) in [5.41, 5.74) is 4.66. The van der Waals surface area contributed by atoms with Gasteiger partial charge in [-0.25, -0.2) is 4.39 Å². The second-order valence-corrected chi connectivity index (χ2v) is 6.48. The Labute approximate surface area is 111 Å². The van der Waals surface area contributed by atoms with Gasteiger partial charge in [0.05, 0.1) is 5.69 Å². The summed E-state index contributed by atoms with van der Waals surface area (Å²) in [6, 6.07) is 3.30. The molecule has 0 saturated carbocycles. The highest BCUT2D eigenvalue weighted by Gasteiger charge is 2.21. The lowest BCUT2D eigenvalue weighted by atomic mass is 10.1. The van der Waals surface area contributed by atoms with Gasteiger partial charge in [-0.15, -0.1) is 0 Å². The van der Waals surface area contributed by atoms with Crippen molar-refractivity contribution in [3.8, 4) is 0 Å². The van der Waals surface area contributed by atoms with E-state index in [2.05, 4.69) is 9.44 Å². The quantitative estimate of drug-likeness (QED) is 0.493. The number of halogens is 1. The molecule has 1 aromatic rings. The van der Waals surface area contributed by atoms with E-state index in [9.17, 15) is 12.8 Å². The average molecular weight is 288 g/mol. The first-order valence-corrected chi connectivity index (χ1v) is 6.94. The molecule has 0 amide bonds. The molecule has 0 aliphatic heterocycles. The van der Waals surface area contributed by atoms with E-state index in [0.29, 0.717) is 0 Å². The summed E-state index contributed by atoms with van der Waals surface area (Å²) in [5, 5.41) is 7.32. The van der Waals surface area contributed by atoms with Gasteiger partial charge in [-0.05, 0) is 39.0 Å². The molecule has 0 aliphatic carbocycles. The number of nitrogens with two attached hydrogens (primary N) is 1. The highest BCUT2D eigenvalue weighted by atomic mass is 32.2. The van der Waals surface area contributed by atoms with Crippen LogP contribution in [0.1, 0.15) is 26.3 Å². The van der Waals surface area contributed by atoms with Crippen LogP contribution >= 0.6 is 0 Å². The van der Waals surface area contributed by atoms with E-state index in [1.807, 2.05) is 0 Å². The molecule has 0 spiro atoms. The lowest BCUT2D eigenvalue weighted by molar-refractivity contribution is 0.494. The molecular formula is C11H17FN4O2S. The molecule has 106 valence electrons. The van der Waals surface area contributed by atoms with Gasteiger partial charge in [-0.3, -0.25) is 10.1 Å². The maximum absolute atomic E-state index is 13.1. The molecule has 5 N–H and O–H groups in total. The number of nitrogens with one attached hydrogen (secondary N) is 3. The van der Waals surface area contributed by atoms with Crippen LogP contribution in [-0.2, 0) is 10.2 Å². The molecule has 0 aromatic heterocycles. The van der Waals surface area contributed by atoms with Crippen LogP contribution in [0.5, 0.6) is 0 Å². The minimum absolute atomic E-state index is 0.0146. The maximum Gasteiger partial charge on any atom is 0.299 e. The second-order valence-electron chi connectivity index (χ2n) is 5.06. The second kappa shape index (κ2) is 5.14. The van der Waals surface area contributed by atoms with Crippen LogP contribution in [0.4, 0.5) is 10.1 Å². The largest absolute Gasteiger partial charge is 0.384 e. The Morgan fingerprint density at radius 3 is 2.42 bits per heavy atom. The molecule has 1 aromatic carbocycles. The molecule has 0 radical (unpaired) electrons. The minimum Gasteiger partial charge on any atom is -0.384 e. The highest BCUT2D eigenvalue weighted by Crippen LogP contribution is 2.18. The fourth-order valence-corrected chi connectivity index (χ4v) is 2.73. The number of benzene rings is 1. The standard InChI is InChI=1S/C11H17FN4O2S/c1-11(2,3)16-19(17,18)15-9-5-4-7(12)6-8(9)10(13)14/h4-6,15-16H,1-3H3,(H3,13,14). The van der Waals surface area contributed by atoms with Gasteiger partial charge in [-0.1, -0.05) is 0 Å². The van der Waals surface area contributed by atoms with Crippen molar-refractivity contribution in [3.63, 3.8) is 0 Å². The van der Waals surface area contributed by atoms with Gasteiger partial charge in [0.1, 0.15) is 11.7 Å². The fourth-order valence-electron chi connectivity index (χ4n) is 1.40. The summed E-state index contributed by atoms with van der Waals surface area (Å²) in [4.78, 5) is 0. The monoisotopic (exact) mass is 288 g/mol. The van der Waals surface area contributed by atoms with E-state index in [1.54, 1.807) is 20.8 Å². The molecule has 8 heteroatoms. The first kappa shape index (κ1) is 15.4.